The largest absolute Gasteiger partial charge is 0.481 e. The molecular formula is C13H11F2NO. The van der Waals surface area contributed by atoms with Crippen LogP contribution in [0.4, 0.5) is 8.78 Å². The predicted molar refractivity (Wildman–Crippen MR) is 60.9 cm³/mol. The van der Waals surface area contributed by atoms with E-state index >= 15 is 0 Å². The van der Waals surface area contributed by atoms with Crippen LogP contribution in [-0.2, 0) is 0 Å². The minimum absolute atomic E-state index is 0.266. The maximum absolute atomic E-state index is 13.6. The maximum atomic E-state index is 13.6. The van der Waals surface area contributed by atoms with Crippen LogP contribution in [0.15, 0.2) is 30.3 Å². The lowest BCUT2D eigenvalue weighted by Crippen LogP contribution is -1.95. The number of hydrogen-bond donors (Lipinski definition) is 0. The van der Waals surface area contributed by atoms with E-state index in [2.05, 4.69) is 4.98 Å². The van der Waals surface area contributed by atoms with Crippen molar-refractivity contribution >= 4 is 0 Å². The fourth-order valence-electron chi connectivity index (χ4n) is 1.58. The number of nitrogens with zero attached hydrogens (tertiary/aromatic N) is 1. The summed E-state index contributed by atoms with van der Waals surface area (Å²) in [5.41, 5.74) is 1.53. The molecule has 0 radical (unpaired) electrons. The molecule has 0 amide bonds. The van der Waals surface area contributed by atoms with Gasteiger partial charge in [0.25, 0.3) is 0 Å². The van der Waals surface area contributed by atoms with Gasteiger partial charge in [0, 0.05) is 17.7 Å². The van der Waals surface area contributed by atoms with Crippen molar-refractivity contribution in [3.63, 3.8) is 0 Å². The minimum Gasteiger partial charge on any atom is -0.481 e. The van der Waals surface area contributed by atoms with Gasteiger partial charge in [-0.3, -0.25) is 0 Å². The Balaban J connectivity index is 2.59. The van der Waals surface area contributed by atoms with Crippen LogP contribution in [0.1, 0.15) is 5.56 Å². The molecule has 0 aliphatic carbocycles. The smallest absolute Gasteiger partial charge is 0.213 e. The fraction of sp³-hybridized carbons (Fsp3) is 0.154. The zero-order chi connectivity index (χ0) is 12.4. The second-order valence-corrected chi connectivity index (χ2v) is 3.64. The molecule has 0 fully saturated rings. The summed E-state index contributed by atoms with van der Waals surface area (Å²) in [7, 11) is 1.49. The molecule has 1 aromatic heterocycles. The van der Waals surface area contributed by atoms with E-state index in [0.717, 1.165) is 11.6 Å². The first-order valence-corrected chi connectivity index (χ1v) is 5.09. The molecule has 1 heterocycles. The van der Waals surface area contributed by atoms with E-state index in [1.54, 1.807) is 12.1 Å². The second kappa shape index (κ2) is 4.49. The van der Waals surface area contributed by atoms with Crippen molar-refractivity contribution in [1.29, 1.82) is 0 Å². The van der Waals surface area contributed by atoms with E-state index in [1.165, 1.54) is 19.2 Å². The topological polar surface area (TPSA) is 22.1 Å². The summed E-state index contributed by atoms with van der Waals surface area (Å²) < 4.78 is 31.4. The molecule has 0 saturated carbocycles. The lowest BCUT2D eigenvalue weighted by molar-refractivity contribution is 0.398. The van der Waals surface area contributed by atoms with E-state index in [-0.39, 0.29) is 5.56 Å². The Morgan fingerprint density at radius 2 is 1.88 bits per heavy atom. The third kappa shape index (κ3) is 2.25. The van der Waals surface area contributed by atoms with Gasteiger partial charge in [-0.2, -0.15) is 0 Å². The highest BCUT2D eigenvalue weighted by Crippen LogP contribution is 2.26. The number of ether oxygens (including phenoxy) is 1. The third-order valence-electron chi connectivity index (χ3n) is 2.47. The Hall–Kier alpha value is -1.97. The first kappa shape index (κ1) is 11.5. The van der Waals surface area contributed by atoms with Gasteiger partial charge in [0.2, 0.25) is 5.88 Å². The first-order chi connectivity index (χ1) is 8.11. The minimum atomic E-state index is -0.631. The molecule has 2 nitrogen and oxygen atoms in total. The van der Waals surface area contributed by atoms with Crippen molar-refractivity contribution in [2.75, 3.05) is 7.11 Å². The number of halogens is 2. The normalized spacial score (nSPS) is 10.4. The van der Waals surface area contributed by atoms with Gasteiger partial charge >= 0.3 is 0 Å². The van der Waals surface area contributed by atoms with E-state index in [0.29, 0.717) is 11.6 Å². The summed E-state index contributed by atoms with van der Waals surface area (Å²) in [6.45, 7) is 1.81. The van der Waals surface area contributed by atoms with Gasteiger partial charge in [-0.05, 0) is 24.6 Å². The average molecular weight is 235 g/mol. The highest BCUT2D eigenvalue weighted by molar-refractivity contribution is 5.64. The Labute approximate surface area is 97.9 Å². The average Bonchev–Trinajstić information content (AvgIpc) is 2.30. The van der Waals surface area contributed by atoms with E-state index in [4.69, 9.17) is 4.74 Å². The van der Waals surface area contributed by atoms with Crippen molar-refractivity contribution < 1.29 is 13.5 Å². The fourth-order valence-corrected chi connectivity index (χ4v) is 1.58. The Morgan fingerprint density at radius 3 is 2.53 bits per heavy atom. The van der Waals surface area contributed by atoms with Gasteiger partial charge in [0.1, 0.15) is 11.6 Å². The molecule has 0 aliphatic heterocycles. The Morgan fingerprint density at radius 1 is 1.12 bits per heavy atom. The van der Waals surface area contributed by atoms with Crippen LogP contribution in [0, 0.1) is 18.6 Å². The van der Waals surface area contributed by atoms with E-state index < -0.39 is 11.6 Å². The SMILES string of the molecule is COc1ccc(C)c(-c2ccc(F)cc2F)n1. The van der Waals surface area contributed by atoms with Crippen molar-refractivity contribution in [1.82, 2.24) is 4.98 Å². The van der Waals surface area contributed by atoms with Crippen LogP contribution in [-0.4, -0.2) is 12.1 Å². The lowest BCUT2D eigenvalue weighted by atomic mass is 10.1. The number of aromatic nitrogens is 1. The second-order valence-electron chi connectivity index (χ2n) is 3.64. The van der Waals surface area contributed by atoms with Gasteiger partial charge in [0.05, 0.1) is 12.8 Å². The van der Waals surface area contributed by atoms with Gasteiger partial charge in [0.15, 0.2) is 0 Å². The number of aryl methyl sites for hydroxylation is 1. The number of benzene rings is 1. The predicted octanol–water partition coefficient (Wildman–Crippen LogP) is 3.34. The number of rotatable bonds is 2. The molecule has 17 heavy (non-hydrogen) atoms. The Kier molecular flexibility index (Phi) is 3.04. The van der Waals surface area contributed by atoms with Crippen molar-refractivity contribution in [3.05, 3.63) is 47.5 Å². The molecule has 2 aromatic rings. The van der Waals surface area contributed by atoms with Crippen LogP contribution in [0.3, 0.4) is 0 Å². The molecule has 0 atom stereocenters. The molecule has 0 saturated heterocycles. The summed E-state index contributed by atoms with van der Waals surface area (Å²) in [6, 6.07) is 6.90. The van der Waals surface area contributed by atoms with Crippen LogP contribution in [0.2, 0.25) is 0 Å². The molecule has 0 unspecified atom stereocenters. The number of methoxy groups -OCH3 is 1. The van der Waals surface area contributed by atoms with Gasteiger partial charge in [-0.15, -0.1) is 0 Å². The van der Waals surface area contributed by atoms with Gasteiger partial charge < -0.3 is 4.74 Å². The standard InChI is InChI=1S/C13H11F2NO/c1-8-3-6-12(17-2)16-13(8)10-5-4-9(14)7-11(10)15/h3-7H,1-2H3. The van der Waals surface area contributed by atoms with Crippen LogP contribution in [0.25, 0.3) is 11.3 Å². The summed E-state index contributed by atoms with van der Waals surface area (Å²) in [5.74, 6) is -0.838. The van der Waals surface area contributed by atoms with Crippen LogP contribution >= 0.6 is 0 Å². The van der Waals surface area contributed by atoms with Gasteiger partial charge in [-0.1, -0.05) is 6.07 Å². The zero-order valence-electron chi connectivity index (χ0n) is 9.50. The maximum Gasteiger partial charge on any atom is 0.213 e. The summed E-state index contributed by atoms with van der Waals surface area (Å²) in [6.07, 6.45) is 0. The van der Waals surface area contributed by atoms with Gasteiger partial charge in [-0.25, -0.2) is 13.8 Å². The molecule has 1 aromatic carbocycles. The first-order valence-electron chi connectivity index (χ1n) is 5.09. The summed E-state index contributed by atoms with van der Waals surface area (Å²) in [4.78, 5) is 4.17. The van der Waals surface area contributed by atoms with Crippen molar-refractivity contribution in [2.24, 2.45) is 0 Å². The third-order valence-corrected chi connectivity index (χ3v) is 2.47. The molecule has 4 heteroatoms. The molecule has 0 spiro atoms. The molecular weight excluding hydrogens is 224 g/mol. The van der Waals surface area contributed by atoms with Crippen LogP contribution < -0.4 is 4.74 Å². The zero-order valence-corrected chi connectivity index (χ0v) is 9.50. The molecule has 2 rings (SSSR count). The van der Waals surface area contributed by atoms with E-state index in [1.807, 2.05) is 6.92 Å². The monoisotopic (exact) mass is 235 g/mol. The van der Waals surface area contributed by atoms with Crippen LogP contribution in [0.5, 0.6) is 5.88 Å². The molecule has 0 bridgehead atoms. The van der Waals surface area contributed by atoms with E-state index in [9.17, 15) is 8.78 Å². The molecule has 0 aliphatic rings. The lowest BCUT2D eigenvalue weighted by Gasteiger charge is -2.08. The highest BCUT2D eigenvalue weighted by Gasteiger charge is 2.11. The Bertz CT molecular complexity index is 555. The quantitative estimate of drug-likeness (QED) is 0.796. The number of hydrogen-bond acceptors (Lipinski definition) is 2. The molecule has 88 valence electrons. The number of pyridine rings is 1. The van der Waals surface area contributed by atoms with Crippen molar-refractivity contribution in [2.45, 2.75) is 6.92 Å². The van der Waals surface area contributed by atoms with Crippen molar-refractivity contribution in [3.8, 4) is 17.1 Å². The highest BCUT2D eigenvalue weighted by atomic mass is 19.1. The summed E-state index contributed by atoms with van der Waals surface area (Å²) >= 11 is 0. The molecule has 0 N–H and O–H groups in total. The summed E-state index contributed by atoms with van der Waals surface area (Å²) in [5, 5.41) is 0.